The summed E-state index contributed by atoms with van der Waals surface area (Å²) in [4.78, 5) is 17.5. The van der Waals surface area contributed by atoms with Gasteiger partial charge in [-0.15, -0.1) is 0 Å². The van der Waals surface area contributed by atoms with Crippen LogP contribution in [-0.2, 0) is 4.79 Å². The summed E-state index contributed by atoms with van der Waals surface area (Å²) in [6.07, 6.45) is 0.450. The highest BCUT2D eigenvalue weighted by molar-refractivity contribution is 5.96. The highest BCUT2D eigenvalue weighted by Gasteiger charge is 2.30. The minimum absolute atomic E-state index is 0.0337. The Morgan fingerprint density at radius 1 is 1.47 bits per heavy atom. The van der Waals surface area contributed by atoms with Gasteiger partial charge < -0.3 is 16.0 Å². The number of nitrogens with two attached hydrogens (primary N) is 1. The SMILES string of the molecule is CN=C(N)NC1CC(=O)N(c2ccccc2)C1. The van der Waals surface area contributed by atoms with Crippen molar-refractivity contribution in [2.75, 3.05) is 18.5 Å². The zero-order valence-electron chi connectivity index (χ0n) is 9.76. The summed E-state index contributed by atoms with van der Waals surface area (Å²) in [7, 11) is 1.62. The molecule has 1 aliphatic heterocycles. The fourth-order valence-electron chi connectivity index (χ4n) is 1.94. The first-order valence-corrected chi connectivity index (χ1v) is 5.55. The van der Waals surface area contributed by atoms with Crippen LogP contribution in [-0.4, -0.2) is 31.5 Å². The van der Waals surface area contributed by atoms with E-state index in [1.54, 1.807) is 11.9 Å². The number of nitrogens with zero attached hydrogens (tertiary/aromatic N) is 2. The molecule has 1 fully saturated rings. The van der Waals surface area contributed by atoms with Crippen molar-refractivity contribution in [2.45, 2.75) is 12.5 Å². The van der Waals surface area contributed by atoms with Gasteiger partial charge in [0.1, 0.15) is 0 Å². The van der Waals surface area contributed by atoms with Crippen LogP contribution in [0.1, 0.15) is 6.42 Å². The zero-order chi connectivity index (χ0) is 12.3. The Morgan fingerprint density at radius 3 is 2.82 bits per heavy atom. The quantitative estimate of drug-likeness (QED) is 0.570. The average molecular weight is 232 g/mol. The number of rotatable bonds is 2. The van der Waals surface area contributed by atoms with Crippen LogP contribution in [0.4, 0.5) is 5.69 Å². The van der Waals surface area contributed by atoms with Crippen LogP contribution in [0, 0.1) is 0 Å². The van der Waals surface area contributed by atoms with Gasteiger partial charge >= 0.3 is 0 Å². The van der Waals surface area contributed by atoms with Gasteiger partial charge in [0.2, 0.25) is 5.91 Å². The minimum Gasteiger partial charge on any atom is -0.370 e. The number of hydrogen-bond donors (Lipinski definition) is 2. The Morgan fingerprint density at radius 2 is 2.18 bits per heavy atom. The molecule has 1 aliphatic rings. The molecule has 5 nitrogen and oxygen atoms in total. The molecule has 2 rings (SSSR count). The lowest BCUT2D eigenvalue weighted by Crippen LogP contribution is -2.41. The summed E-state index contributed by atoms with van der Waals surface area (Å²) in [5.41, 5.74) is 6.52. The Labute approximate surface area is 100 Å². The van der Waals surface area contributed by atoms with Crippen molar-refractivity contribution < 1.29 is 4.79 Å². The second-order valence-electron chi connectivity index (χ2n) is 3.99. The molecule has 0 aromatic heterocycles. The van der Waals surface area contributed by atoms with E-state index < -0.39 is 0 Å². The first-order valence-electron chi connectivity index (χ1n) is 5.55. The number of benzene rings is 1. The summed E-state index contributed by atoms with van der Waals surface area (Å²) in [6.45, 7) is 0.624. The maximum Gasteiger partial charge on any atom is 0.229 e. The molecule has 0 saturated carbocycles. The predicted molar refractivity (Wildman–Crippen MR) is 67.9 cm³/mol. The number of carbonyl (C=O) groups excluding carboxylic acids is 1. The number of amides is 1. The lowest BCUT2D eigenvalue weighted by atomic mass is 10.2. The van der Waals surface area contributed by atoms with Crippen molar-refractivity contribution in [3.8, 4) is 0 Å². The van der Waals surface area contributed by atoms with Crippen molar-refractivity contribution in [1.82, 2.24) is 5.32 Å². The summed E-state index contributed by atoms with van der Waals surface area (Å²) >= 11 is 0. The molecule has 0 aliphatic carbocycles. The number of hydrogen-bond acceptors (Lipinski definition) is 2. The van der Waals surface area contributed by atoms with Gasteiger partial charge in [0.25, 0.3) is 0 Å². The van der Waals surface area contributed by atoms with E-state index in [1.807, 2.05) is 30.3 Å². The summed E-state index contributed by atoms with van der Waals surface area (Å²) in [5, 5.41) is 3.02. The maximum absolute atomic E-state index is 11.9. The number of carbonyl (C=O) groups is 1. The highest BCUT2D eigenvalue weighted by Crippen LogP contribution is 2.20. The van der Waals surface area contributed by atoms with Gasteiger partial charge in [-0.05, 0) is 12.1 Å². The summed E-state index contributed by atoms with van der Waals surface area (Å²) in [5.74, 6) is 0.482. The van der Waals surface area contributed by atoms with Crippen LogP contribution in [0.15, 0.2) is 35.3 Å². The van der Waals surface area contributed by atoms with Crippen LogP contribution >= 0.6 is 0 Å². The molecule has 1 unspecified atom stereocenters. The van der Waals surface area contributed by atoms with Gasteiger partial charge in [-0.1, -0.05) is 18.2 Å². The van der Waals surface area contributed by atoms with Crippen molar-refractivity contribution in [3.05, 3.63) is 30.3 Å². The molecule has 1 aromatic carbocycles. The molecule has 17 heavy (non-hydrogen) atoms. The second kappa shape index (κ2) is 4.86. The average Bonchev–Trinajstić information content (AvgIpc) is 2.71. The first-order chi connectivity index (χ1) is 8.20. The lowest BCUT2D eigenvalue weighted by Gasteiger charge is -2.17. The van der Waals surface area contributed by atoms with E-state index in [9.17, 15) is 4.79 Å². The first kappa shape index (κ1) is 11.4. The van der Waals surface area contributed by atoms with Crippen molar-refractivity contribution >= 4 is 17.6 Å². The van der Waals surface area contributed by atoms with Gasteiger partial charge in [-0.25, -0.2) is 0 Å². The zero-order valence-corrected chi connectivity index (χ0v) is 9.76. The van der Waals surface area contributed by atoms with Crippen LogP contribution in [0.5, 0.6) is 0 Å². The van der Waals surface area contributed by atoms with E-state index in [-0.39, 0.29) is 11.9 Å². The monoisotopic (exact) mass is 232 g/mol. The fourth-order valence-corrected chi connectivity index (χ4v) is 1.94. The van der Waals surface area contributed by atoms with Crippen LogP contribution in [0.25, 0.3) is 0 Å². The number of para-hydroxylation sites is 1. The number of anilines is 1. The van der Waals surface area contributed by atoms with Gasteiger partial charge in [0.15, 0.2) is 5.96 Å². The third kappa shape index (κ3) is 2.55. The van der Waals surface area contributed by atoms with Crippen LogP contribution in [0.2, 0.25) is 0 Å². The van der Waals surface area contributed by atoms with E-state index in [0.29, 0.717) is 18.9 Å². The van der Waals surface area contributed by atoms with Crippen LogP contribution in [0.3, 0.4) is 0 Å². The molecule has 0 radical (unpaired) electrons. The van der Waals surface area contributed by atoms with Gasteiger partial charge in [0, 0.05) is 25.7 Å². The summed E-state index contributed by atoms with van der Waals surface area (Å²) < 4.78 is 0. The van der Waals surface area contributed by atoms with Crippen molar-refractivity contribution in [3.63, 3.8) is 0 Å². The molecule has 1 atom stereocenters. The van der Waals surface area contributed by atoms with E-state index in [0.717, 1.165) is 5.69 Å². The smallest absolute Gasteiger partial charge is 0.229 e. The van der Waals surface area contributed by atoms with Gasteiger partial charge in [0.05, 0.1) is 6.04 Å². The van der Waals surface area contributed by atoms with E-state index in [4.69, 9.17) is 5.73 Å². The second-order valence-corrected chi connectivity index (χ2v) is 3.99. The summed E-state index contributed by atoms with van der Waals surface area (Å²) in [6, 6.07) is 9.67. The molecule has 5 heteroatoms. The van der Waals surface area contributed by atoms with Crippen LogP contribution < -0.4 is 16.0 Å². The minimum atomic E-state index is 0.0337. The molecule has 0 bridgehead atoms. The number of nitrogens with one attached hydrogen (secondary N) is 1. The predicted octanol–water partition coefficient (Wildman–Crippen LogP) is 0.326. The third-order valence-corrected chi connectivity index (χ3v) is 2.79. The fraction of sp³-hybridized carbons (Fsp3) is 0.333. The molecule has 1 amide bonds. The number of aliphatic imine (C=N–C) groups is 1. The molecular formula is C12H16N4O. The Hall–Kier alpha value is -2.04. The van der Waals surface area contributed by atoms with Crippen molar-refractivity contribution in [2.24, 2.45) is 10.7 Å². The van der Waals surface area contributed by atoms with Gasteiger partial charge in [-0.2, -0.15) is 0 Å². The van der Waals surface area contributed by atoms with E-state index in [2.05, 4.69) is 10.3 Å². The van der Waals surface area contributed by atoms with E-state index >= 15 is 0 Å². The molecule has 1 aromatic rings. The molecule has 90 valence electrons. The Balaban J connectivity index is 2.06. The topological polar surface area (TPSA) is 70.7 Å². The molecule has 0 spiro atoms. The Kier molecular flexibility index (Phi) is 3.27. The highest BCUT2D eigenvalue weighted by atomic mass is 16.2. The molecule has 3 N–H and O–H groups in total. The largest absolute Gasteiger partial charge is 0.370 e. The Bertz CT molecular complexity index is 429. The lowest BCUT2D eigenvalue weighted by molar-refractivity contribution is -0.117. The third-order valence-electron chi connectivity index (χ3n) is 2.79. The maximum atomic E-state index is 11.9. The van der Waals surface area contributed by atoms with E-state index in [1.165, 1.54) is 0 Å². The van der Waals surface area contributed by atoms with Gasteiger partial charge in [-0.3, -0.25) is 9.79 Å². The number of guanidine groups is 1. The molecular weight excluding hydrogens is 216 g/mol. The molecule has 1 saturated heterocycles. The molecule has 1 heterocycles. The normalized spacial score (nSPS) is 20.8. The van der Waals surface area contributed by atoms with Crippen molar-refractivity contribution in [1.29, 1.82) is 0 Å². The standard InChI is InChI=1S/C12H16N4O/c1-14-12(13)15-9-7-11(17)16(8-9)10-5-3-2-4-6-10/h2-6,9H,7-8H2,1H3,(H3,13,14,15).